The molecule has 9 heteroatoms. The molecule has 1 fully saturated rings. The molecule has 4 rings (SSSR count). The third-order valence-electron chi connectivity index (χ3n) is 4.59. The first-order valence-electron chi connectivity index (χ1n) is 8.45. The van der Waals surface area contributed by atoms with Gasteiger partial charge in [0.25, 0.3) is 0 Å². The van der Waals surface area contributed by atoms with Crippen molar-refractivity contribution in [3.8, 4) is 0 Å². The van der Waals surface area contributed by atoms with E-state index < -0.39 is 14.2 Å². The molecule has 6 nitrogen and oxygen atoms in total. The van der Waals surface area contributed by atoms with Gasteiger partial charge in [-0.05, 0) is 0 Å². The molecule has 0 spiro atoms. The standard InChI is InChI=1S/C19H16AsClN2O4S/c1-11-18(24)23(14-8-6-13(7-9-14)20(25,26)27)19(28-11)15-10-12-4-2-3-5-16(12)22-17(15)21/h2-11,19H,1H3,(H2,25,26,27). The van der Waals surface area contributed by atoms with Gasteiger partial charge in [0.15, 0.2) is 0 Å². The number of benzene rings is 2. The van der Waals surface area contributed by atoms with Crippen molar-refractivity contribution in [3.05, 3.63) is 65.3 Å². The Morgan fingerprint density at radius 1 is 1.14 bits per heavy atom. The zero-order valence-electron chi connectivity index (χ0n) is 14.7. The van der Waals surface area contributed by atoms with Gasteiger partial charge in [-0.15, -0.1) is 0 Å². The van der Waals surface area contributed by atoms with E-state index >= 15 is 0 Å². The molecule has 0 radical (unpaired) electrons. The molecule has 0 aliphatic carbocycles. The maximum absolute atomic E-state index is 12.8. The van der Waals surface area contributed by atoms with Gasteiger partial charge in [0.2, 0.25) is 0 Å². The molecular formula is C19H16AsClN2O4S. The predicted molar refractivity (Wildman–Crippen MR) is 111 cm³/mol. The van der Waals surface area contributed by atoms with Crippen molar-refractivity contribution < 1.29 is 16.7 Å². The number of pyridine rings is 1. The van der Waals surface area contributed by atoms with Crippen molar-refractivity contribution in [3.63, 3.8) is 0 Å². The fourth-order valence-electron chi connectivity index (χ4n) is 3.19. The Hall–Kier alpha value is -1.76. The van der Waals surface area contributed by atoms with Crippen LogP contribution in [0.3, 0.4) is 0 Å². The van der Waals surface area contributed by atoms with Gasteiger partial charge in [0, 0.05) is 0 Å². The SMILES string of the molecule is CC1SC(c2cc3ccccc3nc2Cl)N(c2ccc([As](=O)(O)O)cc2)C1=O. The van der Waals surface area contributed by atoms with E-state index in [1.807, 2.05) is 37.3 Å². The van der Waals surface area contributed by atoms with Gasteiger partial charge in [-0.25, -0.2) is 0 Å². The van der Waals surface area contributed by atoms with Crippen LogP contribution in [0.1, 0.15) is 17.9 Å². The van der Waals surface area contributed by atoms with E-state index in [-0.39, 0.29) is 20.9 Å². The molecule has 2 aromatic carbocycles. The van der Waals surface area contributed by atoms with E-state index in [0.29, 0.717) is 10.8 Å². The summed E-state index contributed by atoms with van der Waals surface area (Å²) in [5.74, 6) is -0.0893. The van der Waals surface area contributed by atoms with Crippen LogP contribution in [0.4, 0.5) is 5.69 Å². The van der Waals surface area contributed by atoms with Crippen LogP contribution < -0.4 is 9.25 Å². The second-order valence-corrected chi connectivity index (χ2v) is 11.6. The minimum atomic E-state index is -4.98. The van der Waals surface area contributed by atoms with Crippen molar-refractivity contribution in [1.29, 1.82) is 0 Å². The molecule has 1 aliphatic rings. The second-order valence-electron chi connectivity index (χ2n) is 6.46. The van der Waals surface area contributed by atoms with Crippen LogP contribution in [-0.4, -0.2) is 38.5 Å². The third kappa shape index (κ3) is 3.49. The number of anilines is 1. The van der Waals surface area contributed by atoms with Crippen LogP contribution in [0.25, 0.3) is 10.9 Å². The Morgan fingerprint density at radius 3 is 2.50 bits per heavy atom. The van der Waals surface area contributed by atoms with Crippen molar-refractivity contribution in [1.82, 2.24) is 4.98 Å². The van der Waals surface area contributed by atoms with Gasteiger partial charge in [-0.3, -0.25) is 0 Å². The number of aromatic nitrogens is 1. The molecule has 0 saturated carbocycles. The van der Waals surface area contributed by atoms with Crippen LogP contribution in [-0.2, 0) is 8.53 Å². The predicted octanol–water partition coefficient (Wildman–Crippen LogP) is 2.62. The van der Waals surface area contributed by atoms with Crippen LogP contribution in [0.15, 0.2) is 54.6 Å². The monoisotopic (exact) mass is 478 g/mol. The molecule has 1 amide bonds. The van der Waals surface area contributed by atoms with Gasteiger partial charge >= 0.3 is 174 Å². The van der Waals surface area contributed by atoms with Crippen LogP contribution in [0.2, 0.25) is 5.15 Å². The van der Waals surface area contributed by atoms with E-state index in [9.17, 15) is 16.7 Å². The number of hydrogen-bond acceptors (Lipinski definition) is 4. The van der Waals surface area contributed by atoms with Crippen molar-refractivity contribution in [2.75, 3.05) is 4.90 Å². The Balaban J connectivity index is 1.79. The Labute approximate surface area is 173 Å². The molecule has 2 unspecified atom stereocenters. The summed E-state index contributed by atoms with van der Waals surface area (Å²) in [6.45, 7) is 1.83. The van der Waals surface area contributed by atoms with Gasteiger partial charge in [-0.2, -0.15) is 0 Å². The van der Waals surface area contributed by atoms with Gasteiger partial charge in [0.1, 0.15) is 0 Å². The quantitative estimate of drug-likeness (QED) is 0.444. The van der Waals surface area contributed by atoms with Gasteiger partial charge in [0.05, 0.1) is 0 Å². The molecule has 2 N–H and O–H groups in total. The molecule has 2 atom stereocenters. The maximum atomic E-state index is 12.8. The molecule has 144 valence electrons. The summed E-state index contributed by atoms with van der Waals surface area (Å²) in [6, 6.07) is 15.4. The Kier molecular flexibility index (Phi) is 5.06. The summed E-state index contributed by atoms with van der Waals surface area (Å²) < 4.78 is 30.2. The number of para-hydroxylation sites is 1. The summed E-state index contributed by atoms with van der Waals surface area (Å²) in [5.41, 5.74) is 2.06. The number of fused-ring (bicyclic) bond motifs is 1. The van der Waals surface area contributed by atoms with Crippen molar-refractivity contribution >= 4 is 64.4 Å². The van der Waals surface area contributed by atoms with Gasteiger partial charge < -0.3 is 0 Å². The molecule has 1 aliphatic heterocycles. The van der Waals surface area contributed by atoms with E-state index in [1.165, 1.54) is 23.9 Å². The number of carbonyl (C=O) groups excluding carboxylic acids is 1. The van der Waals surface area contributed by atoms with Crippen LogP contribution >= 0.6 is 23.4 Å². The summed E-state index contributed by atoms with van der Waals surface area (Å²) >= 11 is 2.94. The number of carbonyl (C=O) groups is 1. The fourth-order valence-corrected chi connectivity index (χ4v) is 5.92. The van der Waals surface area contributed by atoms with E-state index in [4.69, 9.17) is 11.6 Å². The van der Waals surface area contributed by atoms with Gasteiger partial charge in [-0.1, -0.05) is 0 Å². The molecule has 1 aromatic heterocycles. The minimum absolute atomic E-state index is 0.0313. The molecule has 2 heterocycles. The Morgan fingerprint density at radius 2 is 1.82 bits per heavy atom. The fraction of sp³-hybridized carbons (Fsp3) is 0.158. The summed E-state index contributed by atoms with van der Waals surface area (Å²) in [6.07, 6.45) is 0. The average molecular weight is 479 g/mol. The number of halogens is 1. The van der Waals surface area contributed by atoms with E-state index in [2.05, 4.69) is 4.98 Å². The normalized spacial score (nSPS) is 20.1. The number of rotatable bonds is 3. The van der Waals surface area contributed by atoms with Crippen molar-refractivity contribution in [2.45, 2.75) is 17.5 Å². The summed E-state index contributed by atoms with van der Waals surface area (Å²) in [4.78, 5) is 18.9. The molecular weight excluding hydrogens is 463 g/mol. The summed E-state index contributed by atoms with van der Waals surface area (Å²) in [7, 11) is 0. The first kappa shape index (κ1) is 19.6. The van der Waals surface area contributed by atoms with Crippen molar-refractivity contribution in [2.24, 2.45) is 0 Å². The topological polar surface area (TPSA) is 90.7 Å². The molecule has 0 bridgehead atoms. The number of hydrogen-bond donors (Lipinski definition) is 2. The molecule has 3 aromatic rings. The first-order chi connectivity index (χ1) is 13.3. The zero-order valence-corrected chi connectivity index (χ0v) is 18.1. The zero-order chi connectivity index (χ0) is 20.1. The number of thioether (sulfide) groups is 1. The molecule has 28 heavy (non-hydrogen) atoms. The summed E-state index contributed by atoms with van der Waals surface area (Å²) in [5, 5.41) is 0.601. The van der Waals surface area contributed by atoms with Crippen LogP contribution in [0.5, 0.6) is 0 Å². The first-order valence-corrected chi connectivity index (χ1v) is 13.2. The average Bonchev–Trinajstić information content (AvgIpc) is 2.95. The molecule has 1 saturated heterocycles. The Bertz CT molecular complexity index is 1120. The van der Waals surface area contributed by atoms with Crippen LogP contribution in [0, 0.1) is 0 Å². The van der Waals surface area contributed by atoms with E-state index in [0.717, 1.165) is 16.5 Å². The number of amides is 1. The second kappa shape index (κ2) is 7.25. The van der Waals surface area contributed by atoms with E-state index in [1.54, 1.807) is 17.0 Å². The number of nitrogens with zero attached hydrogens (tertiary/aromatic N) is 2. The third-order valence-corrected chi connectivity index (χ3v) is 8.26.